The van der Waals surface area contributed by atoms with Gasteiger partial charge >= 0.3 is 5.97 Å². The Labute approximate surface area is 157 Å². The molecule has 2 aromatic carbocycles. The molecular weight excluding hydrogens is 342 g/mol. The minimum atomic E-state index is -0.354. The number of hydrogen-bond donors (Lipinski definition) is 2. The average Bonchev–Trinajstić information content (AvgIpc) is 2.70. The molecule has 0 saturated carbocycles. The Morgan fingerprint density at radius 3 is 2.37 bits per heavy atom. The highest BCUT2D eigenvalue weighted by Crippen LogP contribution is 2.18. The summed E-state index contributed by atoms with van der Waals surface area (Å²) in [5, 5.41) is 5.99. The van der Waals surface area contributed by atoms with Gasteiger partial charge in [0.2, 0.25) is 0 Å². The quantitative estimate of drug-likeness (QED) is 0.642. The number of nitrogens with one attached hydrogen (secondary N) is 2. The molecule has 0 spiro atoms. The van der Waals surface area contributed by atoms with Crippen LogP contribution in [0.25, 0.3) is 0 Å². The zero-order valence-corrected chi connectivity index (χ0v) is 14.8. The van der Waals surface area contributed by atoms with Gasteiger partial charge in [-0.1, -0.05) is 18.2 Å². The fraction of sp³-hybridized carbons (Fsp3) is 0.0952. The predicted molar refractivity (Wildman–Crippen MR) is 104 cm³/mol. The van der Waals surface area contributed by atoms with E-state index in [1.54, 1.807) is 49.5 Å². The third-order valence-electron chi connectivity index (χ3n) is 3.71. The molecule has 27 heavy (non-hydrogen) atoms. The van der Waals surface area contributed by atoms with Crippen molar-refractivity contribution >= 4 is 28.9 Å². The van der Waals surface area contributed by atoms with Gasteiger partial charge < -0.3 is 15.4 Å². The van der Waals surface area contributed by atoms with E-state index in [2.05, 4.69) is 15.6 Å². The van der Waals surface area contributed by atoms with E-state index >= 15 is 0 Å². The average molecular weight is 361 g/mol. The minimum absolute atomic E-state index is 0.289. The van der Waals surface area contributed by atoms with Gasteiger partial charge in [0.25, 0.3) is 5.91 Å². The van der Waals surface area contributed by atoms with Crippen LogP contribution in [0.3, 0.4) is 0 Å². The number of carbonyl (C=O) groups excluding carboxylic acids is 2. The first-order chi connectivity index (χ1) is 13.2. The predicted octanol–water partition coefficient (Wildman–Crippen LogP) is 4.25. The number of amides is 1. The van der Waals surface area contributed by atoms with Crippen LogP contribution in [0, 0.1) is 0 Å². The van der Waals surface area contributed by atoms with E-state index in [1.165, 1.54) is 0 Å². The lowest BCUT2D eigenvalue weighted by Crippen LogP contribution is -2.13. The topological polar surface area (TPSA) is 80.3 Å². The Kier molecular flexibility index (Phi) is 5.79. The summed E-state index contributed by atoms with van der Waals surface area (Å²) in [6.45, 7) is 2.10. The van der Waals surface area contributed by atoms with E-state index < -0.39 is 0 Å². The van der Waals surface area contributed by atoms with Crippen LogP contribution in [-0.4, -0.2) is 23.5 Å². The summed E-state index contributed by atoms with van der Waals surface area (Å²) >= 11 is 0. The molecule has 0 aliphatic heterocycles. The van der Waals surface area contributed by atoms with Crippen molar-refractivity contribution in [2.75, 3.05) is 17.2 Å². The van der Waals surface area contributed by atoms with Gasteiger partial charge in [0.05, 0.1) is 12.2 Å². The first kappa shape index (κ1) is 18.1. The van der Waals surface area contributed by atoms with E-state index in [1.807, 2.05) is 30.3 Å². The zero-order chi connectivity index (χ0) is 19.1. The Morgan fingerprint density at radius 1 is 0.926 bits per heavy atom. The number of para-hydroxylation sites is 1. The third-order valence-corrected chi connectivity index (χ3v) is 3.71. The molecule has 1 aromatic heterocycles. The number of anilines is 3. The van der Waals surface area contributed by atoms with Gasteiger partial charge in [-0.2, -0.15) is 0 Å². The van der Waals surface area contributed by atoms with Crippen molar-refractivity contribution in [3.05, 3.63) is 84.2 Å². The highest BCUT2D eigenvalue weighted by Gasteiger charge is 2.09. The van der Waals surface area contributed by atoms with Crippen molar-refractivity contribution in [1.82, 2.24) is 4.98 Å². The highest BCUT2D eigenvalue weighted by atomic mass is 16.5. The van der Waals surface area contributed by atoms with Crippen LogP contribution in [-0.2, 0) is 4.74 Å². The van der Waals surface area contributed by atoms with Gasteiger partial charge in [-0.15, -0.1) is 0 Å². The normalized spacial score (nSPS) is 10.1. The third kappa shape index (κ3) is 4.92. The maximum absolute atomic E-state index is 12.3. The van der Waals surface area contributed by atoms with Crippen molar-refractivity contribution in [2.45, 2.75) is 6.92 Å². The summed E-state index contributed by atoms with van der Waals surface area (Å²) in [6.07, 6.45) is 1.56. The van der Waals surface area contributed by atoms with Crippen molar-refractivity contribution in [3.8, 4) is 0 Å². The van der Waals surface area contributed by atoms with Crippen LogP contribution in [0.5, 0.6) is 0 Å². The number of pyridine rings is 1. The Morgan fingerprint density at radius 2 is 1.67 bits per heavy atom. The van der Waals surface area contributed by atoms with Crippen LogP contribution >= 0.6 is 0 Å². The maximum Gasteiger partial charge on any atom is 0.338 e. The van der Waals surface area contributed by atoms with Crippen LogP contribution in [0.2, 0.25) is 0 Å². The molecule has 136 valence electrons. The second-order valence-corrected chi connectivity index (χ2v) is 5.67. The molecule has 0 unspecified atom stereocenters. The second kappa shape index (κ2) is 8.62. The summed E-state index contributed by atoms with van der Waals surface area (Å²) in [6, 6.07) is 19.5. The first-order valence-electron chi connectivity index (χ1n) is 8.52. The zero-order valence-electron chi connectivity index (χ0n) is 14.8. The summed E-state index contributed by atoms with van der Waals surface area (Å²) < 4.78 is 4.96. The Bertz CT molecular complexity index is 925. The molecule has 0 radical (unpaired) electrons. The number of hydrogen-bond acceptors (Lipinski definition) is 5. The number of benzene rings is 2. The van der Waals surface area contributed by atoms with Crippen molar-refractivity contribution < 1.29 is 14.3 Å². The second-order valence-electron chi connectivity index (χ2n) is 5.67. The van der Waals surface area contributed by atoms with Gasteiger partial charge in [0, 0.05) is 23.3 Å². The summed E-state index contributed by atoms with van der Waals surface area (Å²) in [4.78, 5) is 28.2. The number of nitrogens with zero attached hydrogens (tertiary/aromatic N) is 1. The van der Waals surface area contributed by atoms with E-state index in [0.29, 0.717) is 29.2 Å². The molecule has 1 heterocycles. The molecule has 2 N–H and O–H groups in total. The van der Waals surface area contributed by atoms with Gasteiger partial charge in [0.1, 0.15) is 5.69 Å². The van der Waals surface area contributed by atoms with Gasteiger partial charge in [-0.25, -0.2) is 4.79 Å². The fourth-order valence-electron chi connectivity index (χ4n) is 2.42. The largest absolute Gasteiger partial charge is 0.462 e. The number of esters is 1. The van der Waals surface area contributed by atoms with E-state index in [4.69, 9.17) is 4.74 Å². The number of carbonyl (C=O) groups is 2. The number of aromatic nitrogens is 1. The summed E-state index contributed by atoms with van der Waals surface area (Å²) in [5.74, 6) is -0.643. The summed E-state index contributed by atoms with van der Waals surface area (Å²) in [7, 11) is 0. The lowest BCUT2D eigenvalue weighted by atomic mass is 10.2. The monoisotopic (exact) mass is 361 g/mol. The fourth-order valence-corrected chi connectivity index (χ4v) is 2.42. The number of rotatable bonds is 6. The highest BCUT2D eigenvalue weighted by molar-refractivity contribution is 6.03. The number of ether oxygens (including phenoxy) is 1. The van der Waals surface area contributed by atoms with Crippen LogP contribution < -0.4 is 10.6 Å². The standard InChI is InChI=1S/C21H19N3O3/c1-2-27-21(26)15-8-10-17(11-9-15)23-18-12-13-22-19(14-18)20(25)24-16-6-4-3-5-7-16/h3-14H,2H2,1H3,(H,22,23)(H,24,25). The maximum atomic E-state index is 12.3. The van der Waals surface area contributed by atoms with Gasteiger partial charge in [-0.05, 0) is 55.5 Å². The molecule has 6 nitrogen and oxygen atoms in total. The Balaban J connectivity index is 1.68. The first-order valence-corrected chi connectivity index (χ1v) is 8.52. The molecule has 6 heteroatoms. The molecule has 0 aliphatic carbocycles. The molecule has 0 aliphatic rings. The Hall–Kier alpha value is -3.67. The van der Waals surface area contributed by atoms with Gasteiger partial charge in [-0.3, -0.25) is 9.78 Å². The molecule has 3 rings (SSSR count). The van der Waals surface area contributed by atoms with Crippen molar-refractivity contribution in [1.29, 1.82) is 0 Å². The minimum Gasteiger partial charge on any atom is -0.462 e. The van der Waals surface area contributed by atoms with Crippen molar-refractivity contribution in [2.24, 2.45) is 0 Å². The lowest BCUT2D eigenvalue weighted by molar-refractivity contribution is 0.0526. The molecule has 0 bridgehead atoms. The van der Waals surface area contributed by atoms with Crippen LogP contribution in [0.4, 0.5) is 17.1 Å². The molecule has 0 saturated heterocycles. The smallest absolute Gasteiger partial charge is 0.338 e. The van der Waals surface area contributed by atoms with Crippen LogP contribution in [0.15, 0.2) is 72.9 Å². The van der Waals surface area contributed by atoms with E-state index in [-0.39, 0.29) is 11.9 Å². The molecule has 1 amide bonds. The molecular formula is C21H19N3O3. The van der Waals surface area contributed by atoms with Crippen LogP contribution in [0.1, 0.15) is 27.8 Å². The lowest BCUT2D eigenvalue weighted by Gasteiger charge is -2.09. The molecule has 0 fully saturated rings. The van der Waals surface area contributed by atoms with E-state index in [9.17, 15) is 9.59 Å². The summed E-state index contributed by atoms with van der Waals surface area (Å²) in [5.41, 5.74) is 2.99. The van der Waals surface area contributed by atoms with Crippen molar-refractivity contribution in [3.63, 3.8) is 0 Å². The molecule has 3 aromatic rings. The SMILES string of the molecule is CCOC(=O)c1ccc(Nc2ccnc(C(=O)Nc3ccccc3)c2)cc1. The molecule has 0 atom stereocenters. The van der Waals surface area contributed by atoms with Gasteiger partial charge in [0.15, 0.2) is 0 Å². The van der Waals surface area contributed by atoms with E-state index in [0.717, 1.165) is 5.69 Å².